The Morgan fingerprint density at radius 1 is 1.53 bits per heavy atom. The highest BCUT2D eigenvalue weighted by Gasteiger charge is 2.10. The van der Waals surface area contributed by atoms with E-state index in [4.69, 9.17) is 0 Å². The second-order valence-corrected chi connectivity index (χ2v) is 4.82. The van der Waals surface area contributed by atoms with Gasteiger partial charge in [-0.25, -0.2) is 0 Å². The molecule has 0 aliphatic rings. The maximum atomic E-state index is 12.0. The number of H-pyrrole nitrogens is 1. The standard InChI is InChI=1S/C13H13NO2S/c1-7-11(9(3)15)8(2)14-13(16)12(7)10-5-4-6-17-10/h4-6,15H,2H2,1,3H3,(H,14,16)/b11-9+. The molecule has 88 valence electrons. The Balaban J connectivity index is 2.98. The number of aliphatic hydroxyl groups is 1. The molecule has 3 nitrogen and oxygen atoms in total. The van der Waals surface area contributed by atoms with Crippen molar-refractivity contribution < 1.29 is 5.11 Å². The average Bonchev–Trinajstić information content (AvgIpc) is 2.69. The lowest BCUT2D eigenvalue weighted by Gasteiger charge is -2.04. The van der Waals surface area contributed by atoms with Gasteiger partial charge in [-0.3, -0.25) is 4.79 Å². The van der Waals surface area contributed by atoms with Crippen LogP contribution in [0.25, 0.3) is 22.8 Å². The Morgan fingerprint density at radius 3 is 2.76 bits per heavy atom. The summed E-state index contributed by atoms with van der Waals surface area (Å²) in [6.45, 7) is 7.17. The third-order valence-electron chi connectivity index (χ3n) is 2.67. The van der Waals surface area contributed by atoms with Gasteiger partial charge in [0.15, 0.2) is 0 Å². The second kappa shape index (κ2) is 4.22. The quantitative estimate of drug-likeness (QED) is 0.802. The monoisotopic (exact) mass is 247 g/mol. The Kier molecular flexibility index (Phi) is 2.90. The largest absolute Gasteiger partial charge is 0.512 e. The summed E-state index contributed by atoms with van der Waals surface area (Å²) in [6.07, 6.45) is 0. The summed E-state index contributed by atoms with van der Waals surface area (Å²) in [5.41, 5.74) is 1.21. The van der Waals surface area contributed by atoms with E-state index in [-0.39, 0.29) is 11.3 Å². The molecule has 4 heteroatoms. The molecule has 2 rings (SSSR count). The molecule has 0 saturated heterocycles. The van der Waals surface area contributed by atoms with Gasteiger partial charge >= 0.3 is 0 Å². The van der Waals surface area contributed by atoms with Crippen molar-refractivity contribution in [3.05, 3.63) is 44.0 Å². The van der Waals surface area contributed by atoms with E-state index in [1.54, 1.807) is 6.92 Å². The summed E-state index contributed by atoms with van der Waals surface area (Å²) in [6, 6.07) is 3.79. The molecular weight excluding hydrogens is 234 g/mol. The first-order valence-corrected chi connectivity index (χ1v) is 6.06. The third kappa shape index (κ3) is 1.91. The average molecular weight is 247 g/mol. The van der Waals surface area contributed by atoms with Gasteiger partial charge in [-0.1, -0.05) is 12.6 Å². The second-order valence-electron chi connectivity index (χ2n) is 3.87. The van der Waals surface area contributed by atoms with Gasteiger partial charge in [0.1, 0.15) is 0 Å². The first kappa shape index (κ1) is 11.7. The van der Waals surface area contributed by atoms with Crippen LogP contribution in [0.1, 0.15) is 12.5 Å². The summed E-state index contributed by atoms with van der Waals surface area (Å²) in [5.74, 6) is 0.168. The number of aromatic nitrogens is 1. The van der Waals surface area contributed by atoms with Crippen LogP contribution >= 0.6 is 11.3 Å². The van der Waals surface area contributed by atoms with Crippen LogP contribution in [0.4, 0.5) is 0 Å². The van der Waals surface area contributed by atoms with Crippen molar-refractivity contribution in [1.82, 2.24) is 4.98 Å². The van der Waals surface area contributed by atoms with Gasteiger partial charge in [0, 0.05) is 15.4 Å². The molecule has 0 spiro atoms. The Bertz CT molecular complexity index is 707. The van der Waals surface area contributed by atoms with Crippen LogP contribution in [0.5, 0.6) is 0 Å². The number of thiophene rings is 1. The van der Waals surface area contributed by atoms with E-state index in [0.717, 1.165) is 10.4 Å². The molecule has 2 aromatic rings. The highest BCUT2D eigenvalue weighted by Crippen LogP contribution is 2.22. The molecule has 0 bridgehead atoms. The van der Waals surface area contributed by atoms with E-state index in [0.29, 0.717) is 16.1 Å². The number of hydrogen-bond acceptors (Lipinski definition) is 3. The lowest BCUT2D eigenvalue weighted by atomic mass is 10.1. The fraction of sp³-hybridized carbons (Fsp3) is 0.154. The Morgan fingerprint density at radius 2 is 2.24 bits per heavy atom. The van der Waals surface area contributed by atoms with Gasteiger partial charge in [-0.05, 0) is 30.9 Å². The van der Waals surface area contributed by atoms with E-state index >= 15 is 0 Å². The molecule has 0 aromatic carbocycles. The molecule has 0 fully saturated rings. The summed E-state index contributed by atoms with van der Waals surface area (Å²) < 4.78 is 0. The molecule has 0 unspecified atom stereocenters. The van der Waals surface area contributed by atoms with Crippen LogP contribution < -0.4 is 16.1 Å². The van der Waals surface area contributed by atoms with Crippen molar-refractivity contribution >= 4 is 23.7 Å². The molecule has 2 N–H and O–H groups in total. The van der Waals surface area contributed by atoms with Gasteiger partial charge in [-0.2, -0.15) is 0 Å². The van der Waals surface area contributed by atoms with Gasteiger partial charge in [0.2, 0.25) is 0 Å². The number of aliphatic hydroxyl groups excluding tert-OH is 1. The minimum atomic E-state index is -0.167. The lowest BCUT2D eigenvalue weighted by Crippen LogP contribution is -2.38. The van der Waals surface area contributed by atoms with Crippen LogP contribution in [0.15, 0.2) is 22.3 Å². The molecule has 0 aliphatic heterocycles. The maximum absolute atomic E-state index is 12.0. The van der Waals surface area contributed by atoms with Crippen LogP contribution in [-0.2, 0) is 0 Å². The van der Waals surface area contributed by atoms with Gasteiger partial charge in [0.25, 0.3) is 5.56 Å². The number of aromatic amines is 1. The molecule has 0 aliphatic carbocycles. The normalized spacial score (nSPS) is 12.6. The van der Waals surface area contributed by atoms with Crippen molar-refractivity contribution in [2.75, 3.05) is 0 Å². The predicted molar refractivity (Wildman–Crippen MR) is 71.6 cm³/mol. The molecule has 2 heterocycles. The van der Waals surface area contributed by atoms with E-state index in [1.807, 2.05) is 24.4 Å². The third-order valence-corrected chi connectivity index (χ3v) is 3.56. The zero-order valence-corrected chi connectivity index (χ0v) is 10.5. The molecular formula is C13H13NO2S. The molecule has 0 atom stereocenters. The van der Waals surface area contributed by atoms with Gasteiger partial charge in [0.05, 0.1) is 11.3 Å². The highest BCUT2D eigenvalue weighted by atomic mass is 32.1. The Labute approximate surface area is 102 Å². The van der Waals surface area contributed by atoms with Crippen molar-refractivity contribution in [2.24, 2.45) is 0 Å². The van der Waals surface area contributed by atoms with Crippen LogP contribution in [-0.4, -0.2) is 10.1 Å². The van der Waals surface area contributed by atoms with E-state index in [9.17, 15) is 9.90 Å². The first-order chi connectivity index (χ1) is 8.02. The minimum absolute atomic E-state index is 0.167. The van der Waals surface area contributed by atoms with Crippen molar-refractivity contribution in [1.29, 1.82) is 0 Å². The molecule has 2 aromatic heterocycles. The maximum Gasteiger partial charge on any atom is 0.257 e. The van der Waals surface area contributed by atoms with E-state index in [1.165, 1.54) is 11.3 Å². The van der Waals surface area contributed by atoms with Gasteiger partial charge in [-0.15, -0.1) is 11.3 Å². The summed E-state index contributed by atoms with van der Waals surface area (Å²) in [4.78, 5) is 15.5. The molecule has 0 amide bonds. The van der Waals surface area contributed by atoms with E-state index in [2.05, 4.69) is 11.6 Å². The summed E-state index contributed by atoms with van der Waals surface area (Å²) in [7, 11) is 0. The van der Waals surface area contributed by atoms with Crippen LogP contribution in [0.2, 0.25) is 0 Å². The summed E-state index contributed by atoms with van der Waals surface area (Å²) >= 11 is 1.50. The fourth-order valence-electron chi connectivity index (χ4n) is 1.99. The predicted octanol–water partition coefficient (Wildman–Crippen LogP) is 1.51. The van der Waals surface area contributed by atoms with Crippen LogP contribution in [0.3, 0.4) is 0 Å². The zero-order chi connectivity index (χ0) is 12.6. The van der Waals surface area contributed by atoms with Crippen molar-refractivity contribution in [3.8, 4) is 10.4 Å². The Hall–Kier alpha value is -1.81. The number of hydrogen-bond donors (Lipinski definition) is 2. The van der Waals surface area contributed by atoms with Crippen LogP contribution in [0, 0.1) is 6.92 Å². The summed E-state index contributed by atoms with van der Waals surface area (Å²) in [5, 5.41) is 12.6. The molecule has 17 heavy (non-hydrogen) atoms. The number of pyridine rings is 1. The number of nitrogens with one attached hydrogen (secondary N) is 1. The molecule has 0 saturated carbocycles. The SMILES string of the molecule is C=c1[nH]c(=O)c(-c2cccs2)c(C)/c1=C(/C)O. The van der Waals surface area contributed by atoms with Gasteiger partial charge < -0.3 is 10.1 Å². The highest BCUT2D eigenvalue weighted by molar-refractivity contribution is 7.13. The van der Waals surface area contributed by atoms with E-state index < -0.39 is 0 Å². The lowest BCUT2D eigenvalue weighted by molar-refractivity contribution is 0.497. The zero-order valence-electron chi connectivity index (χ0n) is 9.70. The fourth-order valence-corrected chi connectivity index (χ4v) is 2.82. The number of rotatable bonds is 1. The van der Waals surface area contributed by atoms with Crippen molar-refractivity contribution in [2.45, 2.75) is 13.8 Å². The first-order valence-electron chi connectivity index (χ1n) is 5.18. The molecule has 0 radical (unpaired) electrons. The smallest absolute Gasteiger partial charge is 0.257 e. The minimum Gasteiger partial charge on any atom is -0.512 e. The van der Waals surface area contributed by atoms with Crippen molar-refractivity contribution in [3.63, 3.8) is 0 Å². The topological polar surface area (TPSA) is 53.1 Å².